The Morgan fingerprint density at radius 2 is 2.27 bits per heavy atom. The van der Waals surface area contributed by atoms with Crippen LogP contribution in [0.4, 0.5) is 0 Å². The van der Waals surface area contributed by atoms with Crippen molar-refractivity contribution in [2.75, 3.05) is 0 Å². The van der Waals surface area contributed by atoms with Crippen LogP contribution in [0.5, 0.6) is 5.75 Å². The van der Waals surface area contributed by atoms with E-state index < -0.39 is 0 Å². The summed E-state index contributed by atoms with van der Waals surface area (Å²) in [6.45, 7) is 2.12. The molecule has 1 saturated carbocycles. The summed E-state index contributed by atoms with van der Waals surface area (Å²) in [5, 5.41) is 0. The Kier molecular flexibility index (Phi) is 1.84. The predicted molar refractivity (Wildman–Crippen MR) is 60.1 cm³/mol. The Balaban J connectivity index is 1.92. The van der Waals surface area contributed by atoms with Crippen molar-refractivity contribution in [3.05, 3.63) is 29.3 Å². The second-order valence-corrected chi connectivity index (χ2v) is 5.08. The second-order valence-electron chi connectivity index (χ2n) is 5.08. The third kappa shape index (κ3) is 1.63. The van der Waals surface area contributed by atoms with Crippen LogP contribution in [-0.4, -0.2) is 11.6 Å². The lowest BCUT2D eigenvalue weighted by molar-refractivity contribution is 0.252. The maximum absolute atomic E-state index is 6.15. The van der Waals surface area contributed by atoms with Crippen LogP contribution in [0.1, 0.15) is 30.9 Å². The van der Waals surface area contributed by atoms with Crippen molar-refractivity contribution in [2.45, 2.75) is 44.2 Å². The van der Waals surface area contributed by atoms with E-state index in [1.54, 1.807) is 0 Å². The van der Waals surface area contributed by atoms with E-state index in [1.807, 2.05) is 0 Å². The summed E-state index contributed by atoms with van der Waals surface area (Å²) in [4.78, 5) is 0. The predicted octanol–water partition coefficient (Wildman–Crippen LogP) is 2.04. The van der Waals surface area contributed by atoms with Crippen molar-refractivity contribution in [1.82, 2.24) is 0 Å². The zero-order valence-corrected chi connectivity index (χ0v) is 9.12. The van der Waals surface area contributed by atoms with Gasteiger partial charge in [0.15, 0.2) is 0 Å². The lowest BCUT2D eigenvalue weighted by Crippen LogP contribution is -2.24. The lowest BCUT2D eigenvalue weighted by Gasteiger charge is -2.12. The lowest BCUT2D eigenvalue weighted by atomic mass is 10.0. The minimum atomic E-state index is 0.0737. The van der Waals surface area contributed by atoms with Gasteiger partial charge in [-0.15, -0.1) is 0 Å². The van der Waals surface area contributed by atoms with Crippen LogP contribution >= 0.6 is 0 Å². The van der Waals surface area contributed by atoms with Gasteiger partial charge in [0.2, 0.25) is 0 Å². The number of hydrogen-bond donors (Lipinski definition) is 1. The van der Waals surface area contributed by atoms with Crippen molar-refractivity contribution >= 4 is 0 Å². The molecule has 0 spiro atoms. The maximum Gasteiger partial charge on any atom is 0.126 e. The number of benzene rings is 1. The molecule has 2 aliphatic rings. The van der Waals surface area contributed by atoms with E-state index in [0.29, 0.717) is 6.10 Å². The summed E-state index contributed by atoms with van der Waals surface area (Å²) in [7, 11) is 0. The van der Waals surface area contributed by atoms with Crippen LogP contribution in [0.2, 0.25) is 0 Å². The summed E-state index contributed by atoms with van der Waals surface area (Å²) in [5.41, 5.74) is 8.88. The molecule has 1 aromatic rings. The van der Waals surface area contributed by atoms with Gasteiger partial charge in [0.1, 0.15) is 11.9 Å². The van der Waals surface area contributed by atoms with Crippen LogP contribution in [0.15, 0.2) is 18.2 Å². The molecular formula is C13H17NO. The van der Waals surface area contributed by atoms with Crippen LogP contribution in [0.3, 0.4) is 0 Å². The Bertz CT molecular complexity index is 396. The Labute approximate surface area is 90.4 Å². The van der Waals surface area contributed by atoms with Gasteiger partial charge >= 0.3 is 0 Å². The molecular weight excluding hydrogens is 186 g/mol. The first-order valence-corrected chi connectivity index (χ1v) is 5.73. The molecule has 1 aromatic carbocycles. The molecule has 1 fully saturated rings. The molecule has 1 aliphatic carbocycles. The molecule has 0 saturated heterocycles. The highest BCUT2D eigenvalue weighted by molar-refractivity contribution is 5.45. The quantitative estimate of drug-likeness (QED) is 0.798. The normalized spacial score (nSPS) is 25.9. The molecule has 2 heteroatoms. The number of ether oxygens (including phenoxy) is 1. The molecule has 1 atom stereocenters. The smallest absolute Gasteiger partial charge is 0.126 e. The van der Waals surface area contributed by atoms with Gasteiger partial charge in [0.05, 0.1) is 0 Å². The molecule has 0 bridgehead atoms. The molecule has 3 rings (SSSR count). The fourth-order valence-corrected chi connectivity index (χ4v) is 2.36. The van der Waals surface area contributed by atoms with Gasteiger partial charge in [-0.2, -0.15) is 0 Å². The van der Waals surface area contributed by atoms with E-state index in [9.17, 15) is 0 Å². The molecule has 1 aliphatic heterocycles. The molecule has 2 N–H and O–H groups in total. The van der Waals surface area contributed by atoms with Gasteiger partial charge in [-0.3, -0.25) is 0 Å². The standard InChI is InChI=1S/C13H17NO/c1-9-7-10-3-2-4-11(12(10)15-9)8-13(14)5-6-13/h2-4,9H,5-8,14H2,1H3. The summed E-state index contributed by atoms with van der Waals surface area (Å²) >= 11 is 0. The Morgan fingerprint density at radius 3 is 3.00 bits per heavy atom. The summed E-state index contributed by atoms with van der Waals surface area (Å²) in [5.74, 6) is 1.11. The average molecular weight is 203 g/mol. The first kappa shape index (κ1) is 9.22. The SMILES string of the molecule is CC1Cc2cccc(CC3(N)CC3)c2O1. The fourth-order valence-electron chi connectivity index (χ4n) is 2.36. The number of fused-ring (bicyclic) bond motifs is 1. The number of para-hydroxylation sites is 1. The van der Waals surface area contributed by atoms with Crippen molar-refractivity contribution in [3.8, 4) is 5.75 Å². The molecule has 0 amide bonds. The van der Waals surface area contributed by atoms with Crippen LogP contribution < -0.4 is 10.5 Å². The first-order valence-electron chi connectivity index (χ1n) is 5.73. The zero-order chi connectivity index (χ0) is 10.5. The van der Waals surface area contributed by atoms with Gasteiger partial charge in [-0.05, 0) is 37.3 Å². The van der Waals surface area contributed by atoms with E-state index in [4.69, 9.17) is 10.5 Å². The number of hydrogen-bond acceptors (Lipinski definition) is 2. The Morgan fingerprint density at radius 1 is 1.47 bits per heavy atom. The van der Waals surface area contributed by atoms with Crippen molar-refractivity contribution < 1.29 is 4.74 Å². The minimum Gasteiger partial charge on any atom is -0.490 e. The summed E-state index contributed by atoms with van der Waals surface area (Å²) in [6.07, 6.45) is 4.66. The number of rotatable bonds is 2. The first-order chi connectivity index (χ1) is 7.16. The molecule has 0 aromatic heterocycles. The van der Waals surface area contributed by atoms with Crippen LogP contribution in [0, 0.1) is 0 Å². The third-order valence-electron chi connectivity index (χ3n) is 3.44. The molecule has 2 nitrogen and oxygen atoms in total. The van der Waals surface area contributed by atoms with Crippen molar-refractivity contribution in [3.63, 3.8) is 0 Å². The summed E-state index contributed by atoms with van der Waals surface area (Å²) in [6, 6.07) is 6.45. The van der Waals surface area contributed by atoms with Crippen LogP contribution in [0.25, 0.3) is 0 Å². The van der Waals surface area contributed by atoms with E-state index in [2.05, 4.69) is 25.1 Å². The van der Waals surface area contributed by atoms with Crippen molar-refractivity contribution in [1.29, 1.82) is 0 Å². The molecule has 80 valence electrons. The van der Waals surface area contributed by atoms with E-state index >= 15 is 0 Å². The van der Waals surface area contributed by atoms with E-state index in [1.165, 1.54) is 11.1 Å². The third-order valence-corrected chi connectivity index (χ3v) is 3.44. The van der Waals surface area contributed by atoms with Gasteiger partial charge in [-0.25, -0.2) is 0 Å². The Hall–Kier alpha value is -1.02. The van der Waals surface area contributed by atoms with Crippen molar-refractivity contribution in [2.24, 2.45) is 5.73 Å². The molecule has 1 heterocycles. The number of nitrogens with two attached hydrogens (primary N) is 1. The van der Waals surface area contributed by atoms with Gasteiger partial charge in [0.25, 0.3) is 0 Å². The zero-order valence-electron chi connectivity index (χ0n) is 9.12. The van der Waals surface area contributed by atoms with Gasteiger partial charge < -0.3 is 10.5 Å². The van der Waals surface area contributed by atoms with E-state index in [0.717, 1.165) is 31.4 Å². The highest BCUT2D eigenvalue weighted by atomic mass is 16.5. The van der Waals surface area contributed by atoms with Gasteiger partial charge in [0, 0.05) is 12.0 Å². The van der Waals surface area contributed by atoms with E-state index in [-0.39, 0.29) is 5.54 Å². The highest BCUT2D eigenvalue weighted by Crippen LogP contribution is 2.40. The monoisotopic (exact) mass is 203 g/mol. The molecule has 15 heavy (non-hydrogen) atoms. The van der Waals surface area contributed by atoms with Crippen LogP contribution in [-0.2, 0) is 12.8 Å². The minimum absolute atomic E-state index is 0.0737. The second kappa shape index (κ2) is 2.99. The largest absolute Gasteiger partial charge is 0.490 e. The topological polar surface area (TPSA) is 35.2 Å². The fraction of sp³-hybridized carbons (Fsp3) is 0.538. The molecule has 1 unspecified atom stereocenters. The highest BCUT2D eigenvalue weighted by Gasteiger charge is 2.39. The molecule has 0 radical (unpaired) electrons. The summed E-state index contributed by atoms with van der Waals surface area (Å²) < 4.78 is 5.86. The average Bonchev–Trinajstić information content (AvgIpc) is 2.76. The van der Waals surface area contributed by atoms with Gasteiger partial charge in [-0.1, -0.05) is 18.2 Å². The maximum atomic E-state index is 6.15.